The molecule has 0 unspecified atom stereocenters. The van der Waals surface area contributed by atoms with Gasteiger partial charge in [-0.1, -0.05) is 31.4 Å². The third-order valence-electron chi connectivity index (χ3n) is 6.58. The summed E-state index contributed by atoms with van der Waals surface area (Å²) in [6.45, 7) is 1.35. The molecule has 2 aliphatic heterocycles. The van der Waals surface area contributed by atoms with Crippen LogP contribution in [0.1, 0.15) is 62.4 Å². The number of likely N-dealkylation sites (tertiary alicyclic amines) is 2. The highest BCUT2D eigenvalue weighted by atomic mass is 32.1. The summed E-state index contributed by atoms with van der Waals surface area (Å²) in [5.74, 6) is 0.110. The van der Waals surface area contributed by atoms with Crippen LogP contribution in [0.15, 0.2) is 24.3 Å². The Hall–Kier alpha value is -1.79. The second kappa shape index (κ2) is 6.67. The predicted molar refractivity (Wildman–Crippen MR) is 105 cm³/mol. The van der Waals surface area contributed by atoms with Gasteiger partial charge in [-0.25, -0.2) is 4.98 Å². The highest BCUT2D eigenvalue weighted by molar-refractivity contribution is 7.18. The zero-order valence-electron chi connectivity index (χ0n) is 15.5. The van der Waals surface area contributed by atoms with Gasteiger partial charge in [-0.05, 0) is 37.8 Å². The number of carbonyl (C=O) groups is 2. The molecular formula is C21H25N3O2S. The molecule has 3 aliphatic rings. The summed E-state index contributed by atoms with van der Waals surface area (Å²) in [7, 11) is 0. The number of rotatable bonds is 3. The van der Waals surface area contributed by atoms with Crippen LogP contribution < -0.4 is 0 Å². The molecule has 142 valence electrons. The van der Waals surface area contributed by atoms with Crippen molar-refractivity contribution in [2.24, 2.45) is 5.41 Å². The lowest BCUT2D eigenvalue weighted by molar-refractivity contribution is -0.144. The van der Waals surface area contributed by atoms with Crippen molar-refractivity contribution in [1.82, 2.24) is 14.8 Å². The number of amides is 2. The van der Waals surface area contributed by atoms with E-state index in [1.165, 1.54) is 11.1 Å². The highest BCUT2D eigenvalue weighted by Gasteiger charge is 2.52. The molecular weight excluding hydrogens is 358 g/mol. The summed E-state index contributed by atoms with van der Waals surface area (Å²) in [4.78, 5) is 34.5. The van der Waals surface area contributed by atoms with Crippen LogP contribution >= 0.6 is 11.3 Å². The Bertz CT molecular complexity index is 853. The molecule has 3 fully saturated rings. The Morgan fingerprint density at radius 3 is 2.74 bits per heavy atom. The molecule has 27 heavy (non-hydrogen) atoms. The predicted octanol–water partition coefficient (Wildman–Crippen LogP) is 4.10. The number of hydrogen-bond acceptors (Lipinski definition) is 5. The summed E-state index contributed by atoms with van der Waals surface area (Å²) in [5, 5.41) is 1.11. The minimum atomic E-state index is -0.388. The molecule has 1 aromatic carbocycles. The molecule has 1 aliphatic carbocycles. The molecule has 1 aromatic heterocycles. The second-order valence-electron chi connectivity index (χ2n) is 8.28. The van der Waals surface area contributed by atoms with E-state index in [9.17, 15) is 9.59 Å². The molecule has 0 radical (unpaired) electrons. The van der Waals surface area contributed by atoms with Crippen LogP contribution in [0.5, 0.6) is 0 Å². The van der Waals surface area contributed by atoms with Gasteiger partial charge >= 0.3 is 0 Å². The minimum Gasteiger partial charge on any atom is -0.276 e. The van der Waals surface area contributed by atoms with Gasteiger partial charge in [0.1, 0.15) is 5.01 Å². The van der Waals surface area contributed by atoms with Gasteiger partial charge in [0.25, 0.3) is 0 Å². The molecule has 0 bridgehead atoms. The van der Waals surface area contributed by atoms with E-state index in [0.717, 1.165) is 55.6 Å². The van der Waals surface area contributed by atoms with Crippen molar-refractivity contribution < 1.29 is 9.59 Å². The van der Waals surface area contributed by atoms with Crippen molar-refractivity contribution in [2.75, 3.05) is 13.2 Å². The zero-order valence-corrected chi connectivity index (χ0v) is 16.3. The number of benzene rings is 1. The number of thiazole rings is 1. The van der Waals surface area contributed by atoms with E-state index in [0.29, 0.717) is 13.1 Å². The van der Waals surface area contributed by atoms with Gasteiger partial charge in [-0.2, -0.15) is 0 Å². The number of carbonyl (C=O) groups excluding carboxylic acids is 2. The molecule has 6 heteroatoms. The van der Waals surface area contributed by atoms with Gasteiger partial charge in [0.2, 0.25) is 11.8 Å². The van der Waals surface area contributed by atoms with E-state index in [1.807, 2.05) is 12.1 Å². The summed E-state index contributed by atoms with van der Waals surface area (Å²) in [6.07, 6.45) is 7.66. The largest absolute Gasteiger partial charge is 0.276 e. The van der Waals surface area contributed by atoms with E-state index < -0.39 is 0 Å². The minimum absolute atomic E-state index is 0.0249. The summed E-state index contributed by atoms with van der Waals surface area (Å²) in [5.41, 5.74) is 0.652. The van der Waals surface area contributed by atoms with Crippen molar-refractivity contribution in [2.45, 2.75) is 57.4 Å². The quantitative estimate of drug-likeness (QED) is 0.749. The fraction of sp³-hybridized carbons (Fsp3) is 0.571. The van der Waals surface area contributed by atoms with Crippen LogP contribution in [-0.2, 0) is 9.59 Å². The monoisotopic (exact) mass is 383 g/mol. The molecule has 5 rings (SSSR count). The topological polar surface area (TPSA) is 53.5 Å². The van der Waals surface area contributed by atoms with E-state index in [-0.39, 0.29) is 23.3 Å². The number of nitrogens with zero attached hydrogens (tertiary/aromatic N) is 3. The highest BCUT2D eigenvalue weighted by Crippen LogP contribution is 2.46. The lowest BCUT2D eigenvalue weighted by atomic mass is 9.73. The Balaban J connectivity index is 1.36. The molecule has 3 heterocycles. The SMILES string of the molecule is O=C1CC2(CCCCC2)C(=O)N1CN1CCC[C@H]1c1nc2ccccc2s1. The van der Waals surface area contributed by atoms with Crippen LogP contribution in [0, 0.1) is 5.41 Å². The number of imide groups is 1. The second-order valence-corrected chi connectivity index (χ2v) is 9.34. The van der Waals surface area contributed by atoms with Gasteiger partial charge in [-0.15, -0.1) is 11.3 Å². The molecule has 2 saturated heterocycles. The summed E-state index contributed by atoms with van der Waals surface area (Å²) >= 11 is 1.74. The van der Waals surface area contributed by atoms with Gasteiger partial charge in [-0.3, -0.25) is 19.4 Å². The van der Waals surface area contributed by atoms with E-state index in [2.05, 4.69) is 17.0 Å². The van der Waals surface area contributed by atoms with Gasteiger partial charge < -0.3 is 0 Å². The average molecular weight is 384 g/mol. The number of hydrogen-bond donors (Lipinski definition) is 0. The van der Waals surface area contributed by atoms with Gasteiger partial charge in [0.15, 0.2) is 0 Å². The Kier molecular flexibility index (Phi) is 4.28. The van der Waals surface area contributed by atoms with Crippen LogP contribution in [0.3, 0.4) is 0 Å². The molecule has 1 atom stereocenters. The van der Waals surface area contributed by atoms with Crippen LogP contribution in [0.25, 0.3) is 10.2 Å². The fourth-order valence-electron chi connectivity index (χ4n) is 5.11. The van der Waals surface area contributed by atoms with Gasteiger partial charge in [0.05, 0.1) is 28.3 Å². The van der Waals surface area contributed by atoms with Gasteiger partial charge in [0, 0.05) is 13.0 Å². The van der Waals surface area contributed by atoms with E-state index in [1.54, 1.807) is 16.2 Å². The Labute approximate surface area is 163 Å². The van der Waals surface area contributed by atoms with Crippen molar-refractivity contribution in [3.8, 4) is 0 Å². The fourth-order valence-corrected chi connectivity index (χ4v) is 6.25. The first kappa shape index (κ1) is 17.3. The number of aromatic nitrogens is 1. The zero-order chi connectivity index (χ0) is 18.4. The molecule has 0 N–H and O–H groups in total. The summed E-state index contributed by atoms with van der Waals surface area (Å²) < 4.78 is 1.20. The average Bonchev–Trinajstić information content (AvgIpc) is 3.36. The van der Waals surface area contributed by atoms with Crippen LogP contribution in [-0.4, -0.2) is 39.8 Å². The maximum absolute atomic E-state index is 13.1. The Morgan fingerprint density at radius 1 is 1.11 bits per heavy atom. The van der Waals surface area contributed by atoms with Crippen LogP contribution in [0.2, 0.25) is 0 Å². The maximum atomic E-state index is 13.1. The smallest absolute Gasteiger partial charge is 0.237 e. The van der Waals surface area contributed by atoms with Crippen molar-refractivity contribution in [3.05, 3.63) is 29.3 Å². The van der Waals surface area contributed by atoms with Crippen molar-refractivity contribution in [1.29, 1.82) is 0 Å². The van der Waals surface area contributed by atoms with Crippen molar-refractivity contribution >= 4 is 33.4 Å². The third kappa shape index (κ3) is 2.90. The summed E-state index contributed by atoms with van der Waals surface area (Å²) in [6, 6.07) is 8.43. The number of para-hydroxylation sites is 1. The first-order chi connectivity index (χ1) is 13.2. The van der Waals surface area contributed by atoms with Crippen LogP contribution in [0.4, 0.5) is 0 Å². The van der Waals surface area contributed by atoms with Crippen molar-refractivity contribution in [3.63, 3.8) is 0 Å². The third-order valence-corrected chi connectivity index (χ3v) is 7.72. The Morgan fingerprint density at radius 2 is 1.93 bits per heavy atom. The molecule has 2 amide bonds. The normalized spacial score (nSPS) is 25.9. The van der Waals surface area contributed by atoms with E-state index >= 15 is 0 Å². The molecule has 1 saturated carbocycles. The molecule has 1 spiro atoms. The standard InChI is InChI=1S/C21H25N3O2S/c25-18-13-21(10-4-1-5-11-21)20(26)24(18)14-23-12-6-8-16(23)19-22-15-7-2-3-9-17(15)27-19/h2-3,7,9,16H,1,4-6,8,10-14H2/t16-/m0/s1. The lowest BCUT2D eigenvalue weighted by Crippen LogP contribution is -2.43. The molecule has 5 nitrogen and oxygen atoms in total. The lowest BCUT2D eigenvalue weighted by Gasteiger charge is -2.32. The first-order valence-electron chi connectivity index (χ1n) is 10.1. The number of fused-ring (bicyclic) bond motifs is 1. The first-order valence-corrected chi connectivity index (χ1v) is 10.9. The maximum Gasteiger partial charge on any atom is 0.237 e. The molecule has 2 aromatic rings. The van der Waals surface area contributed by atoms with E-state index in [4.69, 9.17) is 4.98 Å².